The lowest BCUT2D eigenvalue weighted by atomic mass is 9.75. The summed E-state index contributed by atoms with van der Waals surface area (Å²) >= 11 is 0. The summed E-state index contributed by atoms with van der Waals surface area (Å²) in [6.07, 6.45) is 15.5. The van der Waals surface area contributed by atoms with Crippen molar-refractivity contribution in [1.82, 2.24) is 4.57 Å². The summed E-state index contributed by atoms with van der Waals surface area (Å²) in [6.45, 7) is 25.0. The average Bonchev–Trinajstić information content (AvgIpc) is 3.29. The van der Waals surface area contributed by atoms with Gasteiger partial charge in [-0.05, 0) is 90.7 Å². The highest BCUT2D eigenvalue weighted by molar-refractivity contribution is 6.76. The Kier molecular flexibility index (Phi) is 6.40. The van der Waals surface area contributed by atoms with Gasteiger partial charge in [-0.1, -0.05) is 104 Å². The molecule has 4 aliphatic carbocycles. The Morgan fingerprint density at radius 2 is 1.53 bits per heavy atom. The van der Waals surface area contributed by atoms with E-state index in [1.54, 1.807) is 16.7 Å². The monoisotopic (exact) mass is 503 g/mol. The molecule has 0 heterocycles. The standard InChI is InChI=1S/C34H53NSi/c1-32(2,3)24-17-18-26-28-20-23-16-19-31(27(23)22-30(28)34(7,8)29(26)21-24)36(9,10)35(33(4,5)6)25-14-12-11-13-15-25/h17-18,20-23,25,27,31H,11-16,19H2,1-10H3. The molecule has 0 bridgehead atoms. The Hall–Kier alpha value is -1.12. The molecule has 2 heteroatoms. The van der Waals surface area contributed by atoms with Gasteiger partial charge in [-0.3, -0.25) is 0 Å². The van der Waals surface area contributed by atoms with E-state index < -0.39 is 8.24 Å². The fourth-order valence-electron chi connectivity index (χ4n) is 8.99. The van der Waals surface area contributed by atoms with E-state index >= 15 is 0 Å². The molecule has 1 nitrogen and oxygen atoms in total. The second kappa shape index (κ2) is 8.70. The number of hydrogen-bond acceptors (Lipinski definition) is 1. The van der Waals surface area contributed by atoms with Crippen molar-refractivity contribution in [3.63, 3.8) is 0 Å². The first-order chi connectivity index (χ1) is 16.6. The summed E-state index contributed by atoms with van der Waals surface area (Å²) in [5.74, 6) is 1.44. The summed E-state index contributed by atoms with van der Waals surface area (Å²) in [6, 6.07) is 8.17. The number of allylic oxidation sites excluding steroid dienone is 4. The number of fused-ring (bicyclic) bond motifs is 4. The molecule has 36 heavy (non-hydrogen) atoms. The van der Waals surface area contributed by atoms with Crippen LogP contribution in [0.5, 0.6) is 0 Å². The third-order valence-electron chi connectivity index (χ3n) is 10.5. The van der Waals surface area contributed by atoms with Gasteiger partial charge in [0, 0.05) is 17.0 Å². The van der Waals surface area contributed by atoms with E-state index in [-0.39, 0.29) is 16.4 Å². The fraction of sp³-hybridized carbons (Fsp3) is 0.706. The molecule has 1 aromatic carbocycles. The van der Waals surface area contributed by atoms with Gasteiger partial charge in [0.05, 0.1) is 0 Å². The molecule has 0 amide bonds. The third kappa shape index (κ3) is 4.23. The highest BCUT2D eigenvalue weighted by atomic mass is 28.3. The van der Waals surface area contributed by atoms with Crippen molar-refractivity contribution < 1.29 is 0 Å². The number of hydrogen-bond donors (Lipinski definition) is 0. The molecule has 1 aromatic rings. The molecule has 2 fully saturated rings. The highest BCUT2D eigenvalue weighted by Crippen LogP contribution is 2.59. The number of benzene rings is 1. The first-order valence-electron chi connectivity index (χ1n) is 15.0. The van der Waals surface area contributed by atoms with E-state index in [1.165, 1.54) is 56.1 Å². The smallest absolute Gasteiger partial charge is 0.126 e. The Morgan fingerprint density at radius 1 is 0.861 bits per heavy atom. The van der Waals surface area contributed by atoms with Crippen LogP contribution in [0.2, 0.25) is 18.6 Å². The van der Waals surface area contributed by atoms with Crippen LogP contribution >= 0.6 is 0 Å². The first kappa shape index (κ1) is 26.5. The zero-order valence-electron chi connectivity index (χ0n) is 25.1. The van der Waals surface area contributed by atoms with Crippen LogP contribution in [0.15, 0.2) is 35.9 Å². The van der Waals surface area contributed by atoms with Crippen molar-refractivity contribution in [3.8, 4) is 0 Å². The van der Waals surface area contributed by atoms with E-state index in [0.29, 0.717) is 0 Å². The SMILES string of the molecule is CC(C)(C)c1ccc2c(c1)C(C)(C)C1=CC3C(C=C12)CCC3[Si](C)(C)N(C1CCCCC1)C(C)(C)C. The van der Waals surface area contributed by atoms with Crippen LogP contribution < -0.4 is 0 Å². The Labute approximate surface area is 223 Å². The molecular weight excluding hydrogens is 450 g/mol. The van der Waals surface area contributed by atoms with Crippen molar-refractivity contribution in [2.24, 2.45) is 11.8 Å². The first-order valence-corrected chi connectivity index (χ1v) is 18.1. The van der Waals surface area contributed by atoms with Crippen molar-refractivity contribution in [2.45, 2.75) is 141 Å². The van der Waals surface area contributed by atoms with E-state index in [1.807, 2.05) is 0 Å². The van der Waals surface area contributed by atoms with Gasteiger partial charge in [-0.25, -0.2) is 0 Å². The molecule has 0 spiro atoms. The van der Waals surface area contributed by atoms with Gasteiger partial charge in [0.2, 0.25) is 0 Å². The van der Waals surface area contributed by atoms with Crippen LogP contribution in [0.4, 0.5) is 0 Å². The van der Waals surface area contributed by atoms with E-state index in [0.717, 1.165) is 23.4 Å². The Morgan fingerprint density at radius 3 is 2.14 bits per heavy atom. The molecule has 0 N–H and O–H groups in total. The van der Waals surface area contributed by atoms with Crippen molar-refractivity contribution >= 4 is 13.8 Å². The van der Waals surface area contributed by atoms with Gasteiger partial charge >= 0.3 is 0 Å². The number of nitrogens with zero attached hydrogens (tertiary/aromatic N) is 1. The minimum absolute atomic E-state index is 0.0965. The van der Waals surface area contributed by atoms with E-state index in [2.05, 4.69) is 103 Å². The number of rotatable bonds is 3. The Balaban J connectivity index is 1.52. The molecule has 3 unspecified atom stereocenters. The van der Waals surface area contributed by atoms with Crippen LogP contribution in [0, 0.1) is 11.8 Å². The van der Waals surface area contributed by atoms with Crippen LogP contribution in [-0.4, -0.2) is 24.4 Å². The maximum Gasteiger partial charge on any atom is 0.126 e. The lowest BCUT2D eigenvalue weighted by Gasteiger charge is -2.55. The van der Waals surface area contributed by atoms with Gasteiger partial charge in [-0.15, -0.1) is 0 Å². The summed E-state index contributed by atoms with van der Waals surface area (Å²) in [7, 11) is -1.68. The van der Waals surface area contributed by atoms with Crippen molar-refractivity contribution in [1.29, 1.82) is 0 Å². The maximum absolute atomic E-state index is 3.12. The minimum Gasteiger partial charge on any atom is -0.316 e. The van der Waals surface area contributed by atoms with Gasteiger partial charge < -0.3 is 4.57 Å². The second-order valence-electron chi connectivity index (χ2n) is 15.7. The largest absolute Gasteiger partial charge is 0.316 e. The van der Waals surface area contributed by atoms with E-state index in [9.17, 15) is 0 Å². The molecule has 2 saturated carbocycles. The summed E-state index contributed by atoms with van der Waals surface area (Å²) in [5.41, 5.74) is 9.11. The molecule has 198 valence electrons. The molecule has 4 aliphatic rings. The second-order valence-corrected chi connectivity index (χ2v) is 20.2. The molecule has 5 rings (SSSR count). The molecule has 3 atom stereocenters. The maximum atomic E-state index is 3.12. The van der Waals surface area contributed by atoms with Crippen LogP contribution in [-0.2, 0) is 10.8 Å². The van der Waals surface area contributed by atoms with Gasteiger partial charge in [0.25, 0.3) is 0 Å². The molecular formula is C34H53NSi. The zero-order valence-corrected chi connectivity index (χ0v) is 26.1. The summed E-state index contributed by atoms with van der Waals surface area (Å²) in [4.78, 5) is 0. The predicted molar refractivity (Wildman–Crippen MR) is 160 cm³/mol. The summed E-state index contributed by atoms with van der Waals surface area (Å²) in [5, 5.41) is 0. The molecule has 0 radical (unpaired) electrons. The van der Waals surface area contributed by atoms with Gasteiger partial charge in [0.1, 0.15) is 8.24 Å². The third-order valence-corrected chi connectivity index (χ3v) is 15.3. The van der Waals surface area contributed by atoms with Crippen LogP contribution in [0.25, 0.3) is 5.57 Å². The quantitative estimate of drug-likeness (QED) is 0.371. The highest BCUT2D eigenvalue weighted by Gasteiger charge is 2.53. The van der Waals surface area contributed by atoms with Crippen LogP contribution in [0.1, 0.15) is 117 Å². The van der Waals surface area contributed by atoms with E-state index in [4.69, 9.17) is 0 Å². The van der Waals surface area contributed by atoms with Gasteiger partial charge in [0.15, 0.2) is 0 Å². The lowest BCUT2D eigenvalue weighted by Crippen LogP contribution is -2.64. The molecule has 0 saturated heterocycles. The lowest BCUT2D eigenvalue weighted by molar-refractivity contribution is 0.140. The predicted octanol–water partition coefficient (Wildman–Crippen LogP) is 9.63. The normalized spacial score (nSPS) is 28.5. The van der Waals surface area contributed by atoms with Crippen LogP contribution in [0.3, 0.4) is 0 Å². The average molecular weight is 504 g/mol. The van der Waals surface area contributed by atoms with Gasteiger partial charge in [-0.2, -0.15) is 0 Å². The molecule has 0 aliphatic heterocycles. The topological polar surface area (TPSA) is 3.24 Å². The fourth-order valence-corrected chi connectivity index (χ4v) is 14.4. The molecule has 0 aromatic heterocycles. The van der Waals surface area contributed by atoms with Crippen molar-refractivity contribution in [3.05, 3.63) is 52.6 Å². The summed E-state index contributed by atoms with van der Waals surface area (Å²) < 4.78 is 3.12. The Bertz CT molecular complexity index is 1070. The minimum atomic E-state index is -1.68. The zero-order chi connectivity index (χ0) is 26.3. The van der Waals surface area contributed by atoms with Crippen molar-refractivity contribution in [2.75, 3.05) is 0 Å².